The van der Waals surface area contributed by atoms with Crippen LogP contribution in [-0.4, -0.2) is 30.8 Å². The van der Waals surface area contributed by atoms with E-state index in [0.717, 1.165) is 44.2 Å². The molecule has 0 aliphatic rings. The number of carboxylic acid groups (broad SMARTS) is 1. The number of aliphatic carboxylic acids is 1. The fraction of sp³-hybridized carbons (Fsp3) is 0.409. The number of nitrogens with one attached hydrogen (secondary N) is 1. The van der Waals surface area contributed by atoms with E-state index in [2.05, 4.69) is 5.32 Å². The summed E-state index contributed by atoms with van der Waals surface area (Å²) < 4.78 is 5.27. The van der Waals surface area contributed by atoms with Crippen LogP contribution in [0.4, 0.5) is 5.69 Å². The molecule has 0 saturated heterocycles. The Morgan fingerprint density at radius 1 is 1.13 bits per heavy atom. The molecule has 0 amide bonds. The van der Waals surface area contributed by atoms with Gasteiger partial charge < -0.3 is 30.8 Å². The molecule has 2 aromatic rings. The Bertz CT molecular complexity index is 810. The number of anilines is 1. The first-order chi connectivity index (χ1) is 14.4. The van der Waals surface area contributed by atoms with E-state index in [1.165, 1.54) is 0 Å². The molecular formula is C22H27Cl2N2O4-. The van der Waals surface area contributed by atoms with Gasteiger partial charge in [-0.15, -0.1) is 0 Å². The van der Waals surface area contributed by atoms with Crippen LogP contribution in [-0.2, 0) is 11.2 Å². The molecule has 8 heteroatoms. The molecule has 0 aromatic heterocycles. The molecule has 0 aliphatic carbocycles. The Labute approximate surface area is 186 Å². The molecule has 164 valence electrons. The van der Waals surface area contributed by atoms with Crippen LogP contribution in [0.2, 0.25) is 10.0 Å². The number of hydrogen-bond acceptors (Lipinski definition) is 6. The minimum atomic E-state index is -1.23. The Kier molecular flexibility index (Phi) is 10.2. The number of hydrogen-bond donors (Lipinski definition) is 3. The van der Waals surface area contributed by atoms with Crippen molar-refractivity contribution in [3.8, 4) is 5.75 Å². The molecule has 1 atom stereocenters. The molecule has 0 fully saturated rings. The van der Waals surface area contributed by atoms with E-state index in [9.17, 15) is 15.0 Å². The number of nitrogen functional groups attached to an aromatic ring is 1. The second-order valence-electron chi connectivity index (χ2n) is 7.05. The van der Waals surface area contributed by atoms with Crippen molar-refractivity contribution >= 4 is 34.9 Å². The van der Waals surface area contributed by atoms with Gasteiger partial charge in [0.2, 0.25) is 0 Å². The summed E-state index contributed by atoms with van der Waals surface area (Å²) >= 11 is 12.0. The van der Waals surface area contributed by atoms with Crippen LogP contribution in [0.25, 0.3) is 0 Å². The number of carbonyl (C=O) groups excluding carboxylic acids is 1. The molecule has 0 heterocycles. The second-order valence-corrected chi connectivity index (χ2v) is 7.87. The van der Waals surface area contributed by atoms with Gasteiger partial charge in [-0.1, -0.05) is 54.2 Å². The zero-order chi connectivity index (χ0) is 21.9. The Morgan fingerprint density at radius 3 is 2.50 bits per heavy atom. The molecule has 0 aliphatic heterocycles. The minimum Gasteiger partial charge on any atom is -0.546 e. The highest BCUT2D eigenvalue weighted by atomic mass is 35.5. The highest BCUT2D eigenvalue weighted by Gasteiger charge is 2.12. The van der Waals surface area contributed by atoms with Gasteiger partial charge in [0.1, 0.15) is 12.4 Å². The zero-order valence-corrected chi connectivity index (χ0v) is 18.2. The maximum absolute atomic E-state index is 10.6. The van der Waals surface area contributed by atoms with Crippen molar-refractivity contribution in [3.05, 3.63) is 57.6 Å². The first kappa shape index (κ1) is 24.3. The van der Waals surface area contributed by atoms with Crippen molar-refractivity contribution < 1.29 is 19.7 Å². The van der Waals surface area contributed by atoms with Crippen molar-refractivity contribution in [3.63, 3.8) is 0 Å². The molecule has 0 bridgehead atoms. The summed E-state index contributed by atoms with van der Waals surface area (Å²) in [5.74, 6) is -0.634. The van der Waals surface area contributed by atoms with Gasteiger partial charge in [0, 0.05) is 6.54 Å². The number of nitrogens with two attached hydrogens (primary N) is 1. The normalized spacial score (nSPS) is 12.0. The third-order valence-electron chi connectivity index (χ3n) is 4.69. The molecule has 30 heavy (non-hydrogen) atoms. The van der Waals surface area contributed by atoms with Gasteiger partial charge >= 0.3 is 0 Å². The zero-order valence-electron chi connectivity index (χ0n) is 16.7. The summed E-state index contributed by atoms with van der Waals surface area (Å²) in [6, 6.07) is 10.7. The predicted molar refractivity (Wildman–Crippen MR) is 118 cm³/mol. The van der Waals surface area contributed by atoms with Gasteiger partial charge in [0.05, 0.1) is 27.8 Å². The topological polar surface area (TPSA) is 108 Å². The molecule has 0 radical (unpaired) electrons. The van der Waals surface area contributed by atoms with Gasteiger partial charge in [-0.25, -0.2) is 0 Å². The lowest BCUT2D eigenvalue weighted by molar-refractivity contribution is -0.307. The van der Waals surface area contributed by atoms with Gasteiger partial charge in [-0.05, 0) is 55.1 Å². The predicted octanol–water partition coefficient (Wildman–Crippen LogP) is 3.13. The van der Waals surface area contributed by atoms with Crippen molar-refractivity contribution in [2.24, 2.45) is 0 Å². The van der Waals surface area contributed by atoms with Crippen LogP contribution in [0.3, 0.4) is 0 Å². The average molecular weight is 454 g/mol. The third-order valence-corrected chi connectivity index (χ3v) is 5.32. The van der Waals surface area contributed by atoms with Crippen LogP contribution in [0.15, 0.2) is 36.4 Å². The van der Waals surface area contributed by atoms with Gasteiger partial charge in [0.15, 0.2) is 0 Å². The van der Waals surface area contributed by atoms with Crippen LogP contribution < -0.4 is 20.9 Å². The molecule has 4 N–H and O–H groups in total. The summed E-state index contributed by atoms with van der Waals surface area (Å²) in [6.07, 6.45) is 4.18. The van der Waals surface area contributed by atoms with Crippen LogP contribution >= 0.6 is 23.2 Å². The first-order valence-corrected chi connectivity index (χ1v) is 10.7. The number of aliphatic hydroxyl groups is 1. The number of benzene rings is 2. The minimum absolute atomic E-state index is 0.315. The summed E-state index contributed by atoms with van der Waals surface area (Å²) in [4.78, 5) is 10.6. The number of carbonyl (C=O) groups is 1. The lowest BCUT2D eigenvalue weighted by Gasteiger charge is -2.14. The monoisotopic (exact) mass is 453 g/mol. The first-order valence-electron chi connectivity index (χ1n) is 9.92. The van der Waals surface area contributed by atoms with Gasteiger partial charge in [0.25, 0.3) is 0 Å². The number of aliphatic hydroxyl groups excluding tert-OH is 1. The summed E-state index contributed by atoms with van der Waals surface area (Å²) in [6.45, 7) is 0.752. The smallest absolute Gasteiger partial charge is 0.128 e. The van der Waals surface area contributed by atoms with E-state index in [0.29, 0.717) is 33.6 Å². The van der Waals surface area contributed by atoms with Gasteiger partial charge in [-0.3, -0.25) is 0 Å². The number of halogens is 2. The van der Waals surface area contributed by atoms with Crippen molar-refractivity contribution in [2.75, 3.05) is 25.4 Å². The molecule has 2 aromatic carbocycles. The number of aryl methyl sites for hydroxylation is 1. The van der Waals surface area contributed by atoms with E-state index in [1.54, 1.807) is 18.2 Å². The second kappa shape index (κ2) is 12.6. The standard InChI is InChI=1S/C22H28Cl2N2O4/c23-17-11-16(12-18(24)22(17)25)19(27)13-26-10-6-2-1-3-7-15-8-4-5-9-20(15)30-14-21(28)29/h4-5,8-9,11-12,19,26-27H,1-3,6-7,10,13-14,25H2,(H,28,29)/p-1. The average Bonchev–Trinajstić information content (AvgIpc) is 2.72. The highest BCUT2D eigenvalue weighted by Crippen LogP contribution is 2.31. The van der Waals surface area contributed by atoms with E-state index < -0.39 is 18.7 Å². The fourth-order valence-electron chi connectivity index (χ4n) is 3.06. The number of ether oxygens (including phenoxy) is 1. The van der Waals surface area contributed by atoms with Gasteiger partial charge in [-0.2, -0.15) is 0 Å². The number of carboxylic acids is 1. The molecule has 6 nitrogen and oxygen atoms in total. The maximum atomic E-state index is 10.6. The summed E-state index contributed by atoms with van der Waals surface area (Å²) in [7, 11) is 0. The largest absolute Gasteiger partial charge is 0.546 e. The van der Waals surface area contributed by atoms with Crippen LogP contribution in [0, 0.1) is 0 Å². The molecule has 2 rings (SSSR count). The number of unbranched alkanes of at least 4 members (excludes halogenated alkanes) is 3. The highest BCUT2D eigenvalue weighted by molar-refractivity contribution is 6.38. The summed E-state index contributed by atoms with van der Waals surface area (Å²) in [5.41, 5.74) is 7.66. The van der Waals surface area contributed by atoms with E-state index in [4.69, 9.17) is 33.7 Å². The molecule has 1 unspecified atom stereocenters. The van der Waals surface area contributed by atoms with Crippen LogP contribution in [0.5, 0.6) is 5.75 Å². The fourth-order valence-corrected chi connectivity index (χ4v) is 3.56. The molecule has 0 spiro atoms. The summed E-state index contributed by atoms with van der Waals surface area (Å²) in [5, 5.41) is 24.7. The van der Waals surface area contributed by atoms with E-state index >= 15 is 0 Å². The third kappa shape index (κ3) is 8.03. The Morgan fingerprint density at radius 2 is 1.80 bits per heavy atom. The quantitative estimate of drug-likeness (QED) is 0.317. The lowest BCUT2D eigenvalue weighted by atomic mass is 10.1. The number of rotatable bonds is 13. The Balaban J connectivity index is 1.61. The maximum Gasteiger partial charge on any atom is 0.128 e. The molecule has 0 saturated carbocycles. The lowest BCUT2D eigenvalue weighted by Crippen LogP contribution is -2.29. The van der Waals surface area contributed by atoms with Crippen molar-refractivity contribution in [1.82, 2.24) is 5.32 Å². The number of para-hydroxylation sites is 1. The van der Waals surface area contributed by atoms with E-state index in [-0.39, 0.29) is 0 Å². The SMILES string of the molecule is Nc1c(Cl)cc(C(O)CNCCCCCCc2ccccc2OCC(=O)[O-])cc1Cl. The Hall–Kier alpha value is -1.99. The van der Waals surface area contributed by atoms with E-state index in [1.807, 2.05) is 18.2 Å². The van der Waals surface area contributed by atoms with Crippen molar-refractivity contribution in [2.45, 2.75) is 38.2 Å². The van der Waals surface area contributed by atoms with Crippen molar-refractivity contribution in [1.29, 1.82) is 0 Å². The van der Waals surface area contributed by atoms with Crippen LogP contribution in [0.1, 0.15) is 42.9 Å². The molecular weight excluding hydrogens is 427 g/mol.